The van der Waals surface area contributed by atoms with Gasteiger partial charge in [0.1, 0.15) is 16.5 Å². The van der Waals surface area contributed by atoms with Crippen molar-refractivity contribution in [2.75, 3.05) is 22.6 Å². The summed E-state index contributed by atoms with van der Waals surface area (Å²) in [7, 11) is 1.46. The molecule has 35 heavy (non-hydrogen) atoms. The molecule has 0 saturated heterocycles. The summed E-state index contributed by atoms with van der Waals surface area (Å²) in [6.07, 6.45) is 0. The molecular formula is C27H24ClN3O4. The highest BCUT2D eigenvalue weighted by atomic mass is 35.5. The Bertz CT molecular complexity index is 1360. The summed E-state index contributed by atoms with van der Waals surface area (Å²) in [6, 6.07) is 17.5. The summed E-state index contributed by atoms with van der Waals surface area (Å²) in [5.74, 6) is -1.13. The number of rotatable bonds is 6. The molecule has 1 heterocycles. The standard InChI is InChI=1S/C27H24ClN3O4/c1-15-5-10-22(35-4)21(14-15)31-26(33)23(28)24(27(31)34)29-19-8-6-18(7-9-19)25(32)30-20-12-16(2)11-17(3)13-20/h5-14,29H,1-4H3,(H,30,32). The van der Waals surface area contributed by atoms with Crippen LogP contribution in [0, 0.1) is 20.8 Å². The number of carbonyl (C=O) groups is 3. The van der Waals surface area contributed by atoms with Gasteiger partial charge in [-0.1, -0.05) is 23.7 Å². The summed E-state index contributed by atoms with van der Waals surface area (Å²) < 4.78 is 5.32. The maximum atomic E-state index is 13.1. The third kappa shape index (κ3) is 4.90. The molecule has 3 aromatic rings. The average molecular weight is 490 g/mol. The first-order valence-electron chi connectivity index (χ1n) is 10.9. The molecule has 7 nitrogen and oxygen atoms in total. The van der Waals surface area contributed by atoms with Gasteiger partial charge in [-0.05, 0) is 86.0 Å². The van der Waals surface area contributed by atoms with Gasteiger partial charge in [0.25, 0.3) is 17.7 Å². The van der Waals surface area contributed by atoms with Crippen molar-refractivity contribution >= 4 is 46.4 Å². The van der Waals surface area contributed by atoms with E-state index in [0.717, 1.165) is 21.6 Å². The smallest absolute Gasteiger partial charge is 0.283 e. The number of hydrogen-bond acceptors (Lipinski definition) is 5. The maximum absolute atomic E-state index is 13.1. The van der Waals surface area contributed by atoms with Gasteiger partial charge in [-0.2, -0.15) is 0 Å². The topological polar surface area (TPSA) is 87.7 Å². The van der Waals surface area contributed by atoms with E-state index in [9.17, 15) is 14.4 Å². The summed E-state index contributed by atoms with van der Waals surface area (Å²) in [5, 5.41) is 5.57. The molecule has 0 aromatic heterocycles. The lowest BCUT2D eigenvalue weighted by atomic mass is 10.1. The van der Waals surface area contributed by atoms with Crippen LogP contribution < -0.4 is 20.3 Å². The van der Waals surface area contributed by atoms with Crippen molar-refractivity contribution in [1.29, 1.82) is 0 Å². The van der Waals surface area contributed by atoms with E-state index in [0.29, 0.717) is 28.4 Å². The zero-order chi connectivity index (χ0) is 25.3. The van der Waals surface area contributed by atoms with Gasteiger partial charge >= 0.3 is 0 Å². The predicted molar refractivity (Wildman–Crippen MR) is 137 cm³/mol. The van der Waals surface area contributed by atoms with Gasteiger partial charge in [-0.3, -0.25) is 14.4 Å². The van der Waals surface area contributed by atoms with E-state index in [4.69, 9.17) is 16.3 Å². The van der Waals surface area contributed by atoms with Crippen molar-refractivity contribution in [1.82, 2.24) is 0 Å². The lowest BCUT2D eigenvalue weighted by Crippen LogP contribution is -2.32. The molecule has 8 heteroatoms. The second-order valence-corrected chi connectivity index (χ2v) is 8.72. The van der Waals surface area contributed by atoms with Crippen molar-refractivity contribution in [2.24, 2.45) is 0 Å². The first kappa shape index (κ1) is 24.0. The van der Waals surface area contributed by atoms with Crippen LogP contribution >= 0.6 is 11.6 Å². The third-order valence-electron chi connectivity index (χ3n) is 5.50. The molecule has 1 aliphatic heterocycles. The number of nitrogens with one attached hydrogen (secondary N) is 2. The molecule has 0 unspecified atom stereocenters. The minimum Gasteiger partial charge on any atom is -0.495 e. The molecule has 0 fully saturated rings. The number of ether oxygens (including phenoxy) is 1. The Labute approximate surface area is 208 Å². The van der Waals surface area contributed by atoms with Crippen molar-refractivity contribution in [3.8, 4) is 5.75 Å². The maximum Gasteiger partial charge on any atom is 0.283 e. The molecule has 0 saturated carbocycles. The van der Waals surface area contributed by atoms with Crippen molar-refractivity contribution < 1.29 is 19.1 Å². The Kier molecular flexibility index (Phi) is 6.62. The Balaban J connectivity index is 1.51. The Morgan fingerprint density at radius 3 is 2.11 bits per heavy atom. The fourth-order valence-corrected chi connectivity index (χ4v) is 4.12. The summed E-state index contributed by atoms with van der Waals surface area (Å²) in [5.41, 5.74) is 4.89. The van der Waals surface area contributed by atoms with Crippen LogP contribution in [0.3, 0.4) is 0 Å². The number of carbonyl (C=O) groups excluding carboxylic acids is 3. The summed E-state index contributed by atoms with van der Waals surface area (Å²) in [4.78, 5) is 39.6. The zero-order valence-electron chi connectivity index (χ0n) is 19.7. The van der Waals surface area contributed by atoms with Crippen LogP contribution in [0.1, 0.15) is 27.0 Å². The van der Waals surface area contributed by atoms with Crippen LogP contribution in [0.5, 0.6) is 5.75 Å². The van der Waals surface area contributed by atoms with Crippen molar-refractivity contribution in [3.05, 3.63) is 93.6 Å². The fourth-order valence-electron chi connectivity index (χ4n) is 3.90. The Morgan fingerprint density at radius 2 is 1.49 bits per heavy atom. The molecule has 3 amide bonds. The molecular weight excluding hydrogens is 466 g/mol. The van der Waals surface area contributed by atoms with Gasteiger partial charge in [0.15, 0.2) is 0 Å². The van der Waals surface area contributed by atoms with E-state index >= 15 is 0 Å². The second-order valence-electron chi connectivity index (χ2n) is 8.34. The minimum atomic E-state index is -0.646. The van der Waals surface area contributed by atoms with E-state index in [2.05, 4.69) is 10.6 Å². The van der Waals surface area contributed by atoms with E-state index in [1.807, 2.05) is 45.0 Å². The highest BCUT2D eigenvalue weighted by Crippen LogP contribution is 2.36. The van der Waals surface area contributed by atoms with Gasteiger partial charge in [0, 0.05) is 16.9 Å². The van der Waals surface area contributed by atoms with Gasteiger partial charge in [0.2, 0.25) is 0 Å². The highest BCUT2D eigenvalue weighted by molar-refractivity contribution is 6.53. The number of hydrogen-bond donors (Lipinski definition) is 2. The molecule has 178 valence electrons. The van der Waals surface area contributed by atoms with E-state index in [1.165, 1.54) is 7.11 Å². The molecule has 0 atom stereocenters. The first-order valence-corrected chi connectivity index (χ1v) is 11.3. The summed E-state index contributed by atoms with van der Waals surface area (Å²) in [6.45, 7) is 5.78. The Hall–Kier alpha value is -4.10. The lowest BCUT2D eigenvalue weighted by Gasteiger charge is -2.18. The highest BCUT2D eigenvalue weighted by Gasteiger charge is 2.40. The molecule has 0 spiro atoms. The number of imide groups is 1. The van der Waals surface area contributed by atoms with Crippen LogP contribution in [0.15, 0.2) is 71.4 Å². The first-order chi connectivity index (χ1) is 16.7. The number of benzene rings is 3. The van der Waals surface area contributed by atoms with Crippen molar-refractivity contribution in [2.45, 2.75) is 20.8 Å². The minimum absolute atomic E-state index is 0.0485. The molecule has 2 N–H and O–H groups in total. The molecule has 0 bridgehead atoms. The monoisotopic (exact) mass is 489 g/mol. The largest absolute Gasteiger partial charge is 0.495 e. The van der Waals surface area contributed by atoms with Gasteiger partial charge in [0.05, 0.1) is 12.8 Å². The van der Waals surface area contributed by atoms with Crippen LogP contribution in [0.2, 0.25) is 0 Å². The number of anilines is 3. The third-order valence-corrected chi connectivity index (χ3v) is 5.85. The predicted octanol–water partition coefficient (Wildman–Crippen LogP) is 5.31. The van der Waals surface area contributed by atoms with E-state index < -0.39 is 11.8 Å². The number of halogens is 1. The van der Waals surface area contributed by atoms with Crippen LogP contribution in [0.4, 0.5) is 17.1 Å². The molecule has 4 rings (SSSR count). The summed E-state index contributed by atoms with van der Waals surface area (Å²) >= 11 is 6.25. The Morgan fingerprint density at radius 1 is 0.829 bits per heavy atom. The van der Waals surface area contributed by atoms with E-state index in [-0.39, 0.29) is 16.6 Å². The lowest BCUT2D eigenvalue weighted by molar-refractivity contribution is -0.120. The van der Waals surface area contributed by atoms with Gasteiger partial charge in [-0.25, -0.2) is 4.90 Å². The van der Waals surface area contributed by atoms with Crippen LogP contribution in [-0.4, -0.2) is 24.8 Å². The molecule has 3 aromatic carbocycles. The van der Waals surface area contributed by atoms with Crippen LogP contribution in [-0.2, 0) is 9.59 Å². The van der Waals surface area contributed by atoms with Gasteiger partial charge in [-0.15, -0.1) is 0 Å². The SMILES string of the molecule is COc1ccc(C)cc1N1C(=O)C(Cl)=C(Nc2ccc(C(=O)Nc3cc(C)cc(C)c3)cc2)C1=O. The quantitative estimate of drug-likeness (QED) is 0.458. The molecule has 0 radical (unpaired) electrons. The number of aryl methyl sites for hydroxylation is 3. The van der Waals surface area contributed by atoms with Crippen LogP contribution in [0.25, 0.3) is 0 Å². The fraction of sp³-hybridized carbons (Fsp3) is 0.148. The second kappa shape index (κ2) is 9.64. The normalized spacial score (nSPS) is 13.3. The average Bonchev–Trinajstić information content (AvgIpc) is 3.01. The van der Waals surface area contributed by atoms with E-state index in [1.54, 1.807) is 36.4 Å². The molecule has 0 aliphatic carbocycles. The number of methoxy groups -OCH3 is 1. The number of amides is 3. The number of nitrogens with zero attached hydrogens (tertiary/aromatic N) is 1. The van der Waals surface area contributed by atoms with Gasteiger partial charge < -0.3 is 15.4 Å². The van der Waals surface area contributed by atoms with Crippen molar-refractivity contribution in [3.63, 3.8) is 0 Å². The molecule has 1 aliphatic rings. The zero-order valence-corrected chi connectivity index (χ0v) is 20.5.